The molecule has 2 aromatic rings. The Labute approximate surface area is 116 Å². The average Bonchev–Trinajstić information content (AvgIpc) is 2.38. The van der Waals surface area contributed by atoms with Gasteiger partial charge in [0.15, 0.2) is 0 Å². The number of alkyl halides is 3. The second-order valence-corrected chi connectivity index (χ2v) is 4.26. The highest BCUT2D eigenvalue weighted by Gasteiger charge is 2.35. The molecule has 0 spiro atoms. The van der Waals surface area contributed by atoms with Gasteiger partial charge in [0.05, 0.1) is 11.6 Å². The molecule has 0 radical (unpaired) electrons. The molecule has 0 aliphatic rings. The number of pyridine rings is 1. The van der Waals surface area contributed by atoms with Gasteiger partial charge in [-0.1, -0.05) is 0 Å². The van der Waals surface area contributed by atoms with E-state index in [1.165, 1.54) is 0 Å². The molecule has 3 nitrogen and oxygen atoms in total. The number of benzene rings is 1. The first-order valence-corrected chi connectivity index (χ1v) is 5.76. The van der Waals surface area contributed by atoms with Crippen molar-refractivity contribution >= 4 is 0 Å². The zero-order chi connectivity index (χ0) is 15.6. The van der Waals surface area contributed by atoms with Crippen LogP contribution in [0.2, 0.25) is 0 Å². The molecule has 0 saturated carbocycles. The van der Waals surface area contributed by atoms with E-state index in [4.69, 9.17) is 5.84 Å². The van der Waals surface area contributed by atoms with Gasteiger partial charge in [0.1, 0.15) is 11.6 Å². The number of hydrogen-bond donors (Lipinski definition) is 2. The summed E-state index contributed by atoms with van der Waals surface area (Å²) in [7, 11) is 0. The molecule has 0 saturated heterocycles. The van der Waals surface area contributed by atoms with Gasteiger partial charge in [0.2, 0.25) is 0 Å². The second kappa shape index (κ2) is 5.74. The monoisotopic (exact) mass is 303 g/mol. The van der Waals surface area contributed by atoms with Crippen molar-refractivity contribution in [2.24, 2.45) is 5.84 Å². The summed E-state index contributed by atoms with van der Waals surface area (Å²) in [5, 5.41) is 0. The number of nitrogens with one attached hydrogen (secondary N) is 1. The van der Waals surface area contributed by atoms with Gasteiger partial charge in [0, 0.05) is 24.0 Å². The van der Waals surface area contributed by atoms with E-state index in [2.05, 4.69) is 10.4 Å². The molecular formula is C13H10F5N3. The summed E-state index contributed by atoms with van der Waals surface area (Å²) in [6.07, 6.45) is -2.71. The number of aromatic nitrogens is 1. The topological polar surface area (TPSA) is 50.9 Å². The van der Waals surface area contributed by atoms with E-state index >= 15 is 0 Å². The average molecular weight is 303 g/mol. The fourth-order valence-corrected chi connectivity index (χ4v) is 2.00. The fourth-order valence-electron chi connectivity index (χ4n) is 2.00. The van der Waals surface area contributed by atoms with Gasteiger partial charge in [-0.2, -0.15) is 13.2 Å². The molecule has 21 heavy (non-hydrogen) atoms. The minimum atomic E-state index is -4.64. The zero-order valence-electron chi connectivity index (χ0n) is 10.5. The van der Waals surface area contributed by atoms with Gasteiger partial charge in [0.25, 0.3) is 0 Å². The molecule has 0 bridgehead atoms. The van der Waals surface area contributed by atoms with Gasteiger partial charge >= 0.3 is 6.18 Å². The summed E-state index contributed by atoms with van der Waals surface area (Å²) in [4.78, 5) is 3.62. The van der Waals surface area contributed by atoms with Gasteiger partial charge < -0.3 is 0 Å². The van der Waals surface area contributed by atoms with E-state index in [0.29, 0.717) is 6.07 Å². The van der Waals surface area contributed by atoms with Crippen molar-refractivity contribution in [1.29, 1.82) is 0 Å². The molecule has 1 aromatic carbocycles. The molecule has 3 N–H and O–H groups in total. The largest absolute Gasteiger partial charge is 0.416 e. The Kier molecular flexibility index (Phi) is 4.19. The Morgan fingerprint density at radius 3 is 2.24 bits per heavy atom. The molecule has 8 heteroatoms. The van der Waals surface area contributed by atoms with Crippen molar-refractivity contribution in [2.45, 2.75) is 12.2 Å². The highest BCUT2D eigenvalue weighted by molar-refractivity contribution is 5.37. The number of nitrogens with two attached hydrogens (primary N) is 1. The molecule has 1 heterocycles. The first kappa shape index (κ1) is 15.3. The van der Waals surface area contributed by atoms with E-state index in [1.54, 1.807) is 0 Å². The van der Waals surface area contributed by atoms with Crippen molar-refractivity contribution in [1.82, 2.24) is 10.4 Å². The van der Waals surface area contributed by atoms with Gasteiger partial charge in [-0.05, 0) is 23.8 Å². The molecule has 0 aliphatic heterocycles. The van der Waals surface area contributed by atoms with Gasteiger partial charge in [-0.3, -0.25) is 10.8 Å². The van der Waals surface area contributed by atoms with Crippen molar-refractivity contribution in [3.63, 3.8) is 0 Å². The molecule has 0 amide bonds. The highest BCUT2D eigenvalue weighted by atomic mass is 19.4. The van der Waals surface area contributed by atoms with E-state index in [0.717, 1.165) is 30.6 Å². The van der Waals surface area contributed by atoms with Crippen LogP contribution < -0.4 is 11.3 Å². The van der Waals surface area contributed by atoms with Crippen LogP contribution in [0.1, 0.15) is 22.7 Å². The van der Waals surface area contributed by atoms with E-state index in [9.17, 15) is 22.0 Å². The predicted molar refractivity (Wildman–Crippen MR) is 64.8 cm³/mol. The lowest BCUT2D eigenvalue weighted by Crippen LogP contribution is -2.31. The molecule has 0 aliphatic carbocycles. The van der Waals surface area contributed by atoms with Crippen LogP contribution in [0, 0.1) is 11.6 Å². The normalized spacial score (nSPS) is 13.2. The summed E-state index contributed by atoms with van der Waals surface area (Å²) >= 11 is 0. The van der Waals surface area contributed by atoms with Crippen LogP contribution in [-0.4, -0.2) is 4.98 Å². The van der Waals surface area contributed by atoms with E-state index in [1.807, 2.05) is 0 Å². The Morgan fingerprint density at radius 1 is 1.10 bits per heavy atom. The molecule has 1 aromatic heterocycles. The number of hydrazine groups is 1. The lowest BCUT2D eigenvalue weighted by molar-refractivity contribution is -0.138. The minimum absolute atomic E-state index is 0.0755. The predicted octanol–water partition coefficient (Wildman–Crippen LogP) is 2.93. The highest BCUT2D eigenvalue weighted by Crippen LogP contribution is 2.36. The Bertz CT molecular complexity index is 622. The maximum atomic E-state index is 13.2. The minimum Gasteiger partial charge on any atom is -0.271 e. The molecule has 1 unspecified atom stereocenters. The summed E-state index contributed by atoms with van der Waals surface area (Å²) in [6.45, 7) is 0. The van der Waals surface area contributed by atoms with Crippen molar-refractivity contribution < 1.29 is 22.0 Å². The number of halogens is 5. The number of rotatable bonds is 3. The van der Waals surface area contributed by atoms with Gasteiger partial charge in [-0.25, -0.2) is 14.2 Å². The van der Waals surface area contributed by atoms with Crippen LogP contribution in [0.3, 0.4) is 0 Å². The maximum absolute atomic E-state index is 13.2. The summed E-state index contributed by atoms with van der Waals surface area (Å²) in [5.74, 6) is 3.43. The summed E-state index contributed by atoms with van der Waals surface area (Å²) < 4.78 is 65.4. The SMILES string of the molecule is NNC(c1cc(F)cc(F)c1)c1cnccc1C(F)(F)F. The van der Waals surface area contributed by atoms with Crippen molar-refractivity contribution in [3.8, 4) is 0 Å². The Hall–Kier alpha value is -2.06. The Balaban J connectivity index is 2.57. The third kappa shape index (κ3) is 3.34. The summed E-state index contributed by atoms with van der Waals surface area (Å²) in [5.41, 5.74) is 0.750. The number of nitrogens with zero attached hydrogens (tertiary/aromatic N) is 1. The standard InChI is InChI=1S/C13H10F5N3/c14-8-3-7(4-9(15)5-8)12(21-19)10-6-20-2-1-11(10)13(16,17)18/h1-6,12,21H,19H2. The van der Waals surface area contributed by atoms with Crippen molar-refractivity contribution in [3.05, 3.63) is 65.0 Å². The molecule has 1 atom stereocenters. The van der Waals surface area contributed by atoms with E-state index < -0.39 is 29.4 Å². The first-order chi connectivity index (χ1) is 9.82. The van der Waals surface area contributed by atoms with Crippen LogP contribution in [-0.2, 0) is 6.18 Å². The molecular weight excluding hydrogens is 293 g/mol. The smallest absolute Gasteiger partial charge is 0.271 e. The van der Waals surface area contributed by atoms with Crippen LogP contribution in [0.15, 0.2) is 36.7 Å². The lowest BCUT2D eigenvalue weighted by Gasteiger charge is -2.21. The van der Waals surface area contributed by atoms with Crippen LogP contribution >= 0.6 is 0 Å². The summed E-state index contributed by atoms with van der Waals surface area (Å²) in [6, 6.07) is 1.95. The second-order valence-electron chi connectivity index (χ2n) is 4.26. The van der Waals surface area contributed by atoms with Crippen LogP contribution in [0.25, 0.3) is 0 Å². The first-order valence-electron chi connectivity index (χ1n) is 5.76. The van der Waals surface area contributed by atoms with Crippen LogP contribution in [0.4, 0.5) is 22.0 Å². The molecule has 0 fully saturated rings. The lowest BCUT2D eigenvalue weighted by atomic mass is 9.96. The van der Waals surface area contributed by atoms with Crippen molar-refractivity contribution in [2.75, 3.05) is 0 Å². The molecule has 112 valence electrons. The Morgan fingerprint density at radius 2 is 1.71 bits per heavy atom. The van der Waals surface area contributed by atoms with Crippen LogP contribution in [0.5, 0.6) is 0 Å². The zero-order valence-corrected chi connectivity index (χ0v) is 10.5. The quantitative estimate of drug-likeness (QED) is 0.521. The number of hydrogen-bond acceptors (Lipinski definition) is 3. The van der Waals surface area contributed by atoms with E-state index in [-0.39, 0.29) is 11.1 Å². The third-order valence-electron chi connectivity index (χ3n) is 2.85. The fraction of sp³-hybridized carbons (Fsp3) is 0.154. The van der Waals surface area contributed by atoms with Gasteiger partial charge in [-0.15, -0.1) is 0 Å². The maximum Gasteiger partial charge on any atom is 0.416 e. The molecule has 2 rings (SSSR count). The third-order valence-corrected chi connectivity index (χ3v) is 2.85.